The Kier molecular flexibility index (Phi) is 3.23. The van der Waals surface area contributed by atoms with Crippen molar-refractivity contribution in [3.8, 4) is 0 Å². The smallest absolute Gasteiger partial charge is 0.290 e. The van der Waals surface area contributed by atoms with Crippen molar-refractivity contribution in [3.05, 3.63) is 27.9 Å². The average molecular weight is 236 g/mol. The highest BCUT2D eigenvalue weighted by Gasteiger charge is 2.20. The molecule has 1 fully saturated rings. The SMILES string of the molecule is Cc1cc(N2CCCC(N)C2)ncc1[N+](=O)[O-]. The zero-order valence-electron chi connectivity index (χ0n) is 9.80. The van der Waals surface area contributed by atoms with Gasteiger partial charge in [0.25, 0.3) is 5.69 Å². The van der Waals surface area contributed by atoms with Gasteiger partial charge in [-0.25, -0.2) is 4.98 Å². The summed E-state index contributed by atoms with van der Waals surface area (Å²) in [5.74, 6) is 0.781. The largest absolute Gasteiger partial charge is 0.355 e. The zero-order valence-corrected chi connectivity index (χ0v) is 9.80. The van der Waals surface area contributed by atoms with Crippen LogP contribution in [0.2, 0.25) is 0 Å². The van der Waals surface area contributed by atoms with Crippen LogP contribution in [-0.4, -0.2) is 29.0 Å². The minimum absolute atomic E-state index is 0.0649. The predicted molar refractivity (Wildman–Crippen MR) is 65.1 cm³/mol. The molecule has 1 aliphatic heterocycles. The molecule has 6 nitrogen and oxygen atoms in total. The number of aryl methyl sites for hydroxylation is 1. The van der Waals surface area contributed by atoms with Crippen LogP contribution in [-0.2, 0) is 0 Å². The predicted octanol–water partition coefficient (Wildman–Crippen LogP) is 1.23. The van der Waals surface area contributed by atoms with E-state index in [9.17, 15) is 10.1 Å². The summed E-state index contributed by atoms with van der Waals surface area (Å²) < 4.78 is 0. The van der Waals surface area contributed by atoms with E-state index in [0.717, 1.165) is 31.7 Å². The summed E-state index contributed by atoms with van der Waals surface area (Å²) in [6, 6.07) is 1.93. The van der Waals surface area contributed by atoms with Crippen molar-refractivity contribution < 1.29 is 4.92 Å². The molecule has 6 heteroatoms. The first-order chi connectivity index (χ1) is 8.08. The fraction of sp³-hybridized carbons (Fsp3) is 0.545. The van der Waals surface area contributed by atoms with Gasteiger partial charge in [0, 0.05) is 24.7 Å². The Hall–Kier alpha value is -1.69. The first kappa shape index (κ1) is 11.8. The highest BCUT2D eigenvalue weighted by atomic mass is 16.6. The van der Waals surface area contributed by atoms with Crippen molar-refractivity contribution >= 4 is 11.5 Å². The monoisotopic (exact) mass is 236 g/mol. The number of piperidine rings is 1. The lowest BCUT2D eigenvalue weighted by Gasteiger charge is -2.31. The number of aromatic nitrogens is 1. The van der Waals surface area contributed by atoms with Gasteiger partial charge < -0.3 is 10.6 Å². The summed E-state index contributed by atoms with van der Waals surface area (Å²) in [5, 5.41) is 10.7. The summed E-state index contributed by atoms with van der Waals surface area (Å²) >= 11 is 0. The lowest BCUT2D eigenvalue weighted by Crippen LogP contribution is -2.43. The highest BCUT2D eigenvalue weighted by Crippen LogP contribution is 2.23. The molecule has 0 aliphatic carbocycles. The lowest BCUT2D eigenvalue weighted by molar-refractivity contribution is -0.385. The van der Waals surface area contributed by atoms with Gasteiger partial charge in [-0.3, -0.25) is 10.1 Å². The van der Waals surface area contributed by atoms with Crippen LogP contribution < -0.4 is 10.6 Å². The maximum Gasteiger partial charge on any atom is 0.290 e. The molecule has 0 amide bonds. The van der Waals surface area contributed by atoms with Gasteiger partial charge in [-0.15, -0.1) is 0 Å². The minimum Gasteiger partial charge on any atom is -0.355 e. The maximum absolute atomic E-state index is 10.7. The van der Waals surface area contributed by atoms with Crippen LogP contribution in [0.4, 0.5) is 11.5 Å². The molecular formula is C11H16N4O2. The standard InChI is InChI=1S/C11H16N4O2/c1-8-5-11(13-6-10(8)15(16)17)14-4-2-3-9(12)7-14/h5-6,9H,2-4,7,12H2,1H3. The van der Waals surface area contributed by atoms with Gasteiger partial charge in [0.05, 0.1) is 4.92 Å². The second-order valence-corrected chi connectivity index (χ2v) is 4.43. The molecule has 92 valence electrons. The van der Waals surface area contributed by atoms with Crippen molar-refractivity contribution in [2.45, 2.75) is 25.8 Å². The van der Waals surface area contributed by atoms with Crippen LogP contribution in [0.1, 0.15) is 18.4 Å². The van der Waals surface area contributed by atoms with Gasteiger partial charge in [0.1, 0.15) is 12.0 Å². The van der Waals surface area contributed by atoms with Crippen LogP contribution in [0.3, 0.4) is 0 Å². The van der Waals surface area contributed by atoms with Crippen molar-refractivity contribution in [2.75, 3.05) is 18.0 Å². The molecule has 2 N–H and O–H groups in total. The molecule has 0 bridgehead atoms. The maximum atomic E-state index is 10.7. The lowest BCUT2D eigenvalue weighted by atomic mass is 10.1. The van der Waals surface area contributed by atoms with E-state index in [0.29, 0.717) is 5.56 Å². The third kappa shape index (κ3) is 2.52. The average Bonchev–Trinajstić information content (AvgIpc) is 2.28. The zero-order chi connectivity index (χ0) is 12.4. The Morgan fingerprint density at radius 3 is 3.00 bits per heavy atom. The molecule has 0 aromatic carbocycles. The van der Waals surface area contributed by atoms with E-state index in [-0.39, 0.29) is 11.7 Å². The molecule has 1 unspecified atom stereocenters. The fourth-order valence-corrected chi connectivity index (χ4v) is 2.12. The Morgan fingerprint density at radius 2 is 2.41 bits per heavy atom. The van der Waals surface area contributed by atoms with E-state index >= 15 is 0 Å². The Bertz CT molecular complexity index is 435. The number of nitro groups is 1. The molecule has 1 saturated heterocycles. The fourth-order valence-electron chi connectivity index (χ4n) is 2.12. The van der Waals surface area contributed by atoms with Gasteiger partial charge in [-0.2, -0.15) is 0 Å². The first-order valence-electron chi connectivity index (χ1n) is 5.69. The van der Waals surface area contributed by atoms with Crippen LogP contribution in [0.15, 0.2) is 12.3 Å². The summed E-state index contributed by atoms with van der Waals surface area (Å²) in [6.45, 7) is 3.41. The molecule has 1 atom stereocenters. The normalized spacial score (nSPS) is 20.4. The number of pyridine rings is 1. The molecule has 0 radical (unpaired) electrons. The molecule has 2 rings (SSSR count). The van der Waals surface area contributed by atoms with Crippen molar-refractivity contribution in [2.24, 2.45) is 5.73 Å². The Balaban J connectivity index is 2.22. The van der Waals surface area contributed by atoms with E-state index in [1.807, 2.05) is 0 Å². The Labute approximate surface area is 99.6 Å². The second-order valence-electron chi connectivity index (χ2n) is 4.43. The molecule has 0 saturated carbocycles. The topological polar surface area (TPSA) is 85.3 Å². The van der Waals surface area contributed by atoms with Crippen LogP contribution >= 0.6 is 0 Å². The number of hydrogen-bond donors (Lipinski definition) is 1. The number of nitrogens with two attached hydrogens (primary N) is 1. The van der Waals surface area contributed by atoms with Gasteiger partial charge in [0.15, 0.2) is 0 Å². The van der Waals surface area contributed by atoms with E-state index in [2.05, 4.69) is 9.88 Å². The summed E-state index contributed by atoms with van der Waals surface area (Å²) in [6.07, 6.45) is 3.39. The van der Waals surface area contributed by atoms with Gasteiger partial charge in [-0.1, -0.05) is 0 Å². The molecule has 2 heterocycles. The quantitative estimate of drug-likeness (QED) is 0.616. The van der Waals surface area contributed by atoms with E-state index in [1.165, 1.54) is 6.20 Å². The second kappa shape index (κ2) is 4.67. The van der Waals surface area contributed by atoms with Gasteiger partial charge >= 0.3 is 0 Å². The molecule has 1 aromatic rings. The first-order valence-corrected chi connectivity index (χ1v) is 5.69. The summed E-state index contributed by atoms with van der Waals surface area (Å²) in [7, 11) is 0. The molecule has 1 aliphatic rings. The van der Waals surface area contributed by atoms with Crippen LogP contribution in [0.25, 0.3) is 0 Å². The number of hydrogen-bond acceptors (Lipinski definition) is 5. The van der Waals surface area contributed by atoms with E-state index < -0.39 is 4.92 Å². The van der Waals surface area contributed by atoms with E-state index in [4.69, 9.17) is 5.73 Å². The van der Waals surface area contributed by atoms with Crippen LogP contribution in [0.5, 0.6) is 0 Å². The van der Waals surface area contributed by atoms with Crippen molar-refractivity contribution in [3.63, 3.8) is 0 Å². The number of anilines is 1. The summed E-state index contributed by atoms with van der Waals surface area (Å²) in [4.78, 5) is 16.5. The third-order valence-electron chi connectivity index (χ3n) is 3.05. The number of rotatable bonds is 2. The van der Waals surface area contributed by atoms with Crippen molar-refractivity contribution in [1.82, 2.24) is 4.98 Å². The molecule has 1 aromatic heterocycles. The van der Waals surface area contributed by atoms with Gasteiger partial charge in [-0.05, 0) is 25.8 Å². The van der Waals surface area contributed by atoms with E-state index in [1.54, 1.807) is 13.0 Å². The number of nitrogens with zero attached hydrogens (tertiary/aromatic N) is 3. The molecular weight excluding hydrogens is 220 g/mol. The van der Waals surface area contributed by atoms with Gasteiger partial charge in [0.2, 0.25) is 0 Å². The van der Waals surface area contributed by atoms with Crippen molar-refractivity contribution in [1.29, 1.82) is 0 Å². The van der Waals surface area contributed by atoms with Crippen LogP contribution in [0, 0.1) is 17.0 Å². The molecule has 0 spiro atoms. The summed E-state index contributed by atoms with van der Waals surface area (Å²) in [5.41, 5.74) is 6.60. The Morgan fingerprint density at radius 1 is 1.65 bits per heavy atom. The highest BCUT2D eigenvalue weighted by molar-refractivity contribution is 5.49. The minimum atomic E-state index is -0.409. The third-order valence-corrected chi connectivity index (χ3v) is 3.05. The molecule has 17 heavy (non-hydrogen) atoms.